The Kier molecular flexibility index (Phi) is 3.39. The Morgan fingerprint density at radius 3 is 2.42 bits per heavy atom. The maximum absolute atomic E-state index is 13.0. The zero-order chi connectivity index (χ0) is 14.0. The third-order valence-electron chi connectivity index (χ3n) is 2.86. The van der Waals surface area contributed by atoms with E-state index in [1.165, 1.54) is 12.1 Å². The van der Waals surface area contributed by atoms with Crippen LogP contribution in [0.3, 0.4) is 0 Å². The fourth-order valence-corrected chi connectivity index (χ4v) is 1.82. The van der Waals surface area contributed by atoms with Crippen molar-refractivity contribution in [3.8, 4) is 17.3 Å². The van der Waals surface area contributed by atoms with Gasteiger partial charge in [0.1, 0.15) is 5.82 Å². The van der Waals surface area contributed by atoms with Crippen molar-refractivity contribution in [2.75, 3.05) is 0 Å². The minimum atomic E-state index is -0.277. The number of hydrogen-bond acceptors (Lipinski definition) is 2. The summed E-state index contributed by atoms with van der Waals surface area (Å²) in [5.74, 6) is -0.277. The molecule has 1 aromatic heterocycles. The van der Waals surface area contributed by atoms with E-state index in [9.17, 15) is 4.39 Å². The first kappa shape index (κ1) is 13.3. The van der Waals surface area contributed by atoms with Crippen LogP contribution in [-0.2, 0) is 12.0 Å². The predicted octanol–water partition coefficient (Wildman–Crippen LogP) is 3.51. The van der Waals surface area contributed by atoms with Gasteiger partial charge in [-0.15, -0.1) is 0 Å². The van der Waals surface area contributed by atoms with Gasteiger partial charge in [0.25, 0.3) is 0 Å². The second-order valence-electron chi connectivity index (χ2n) is 5.46. The van der Waals surface area contributed by atoms with Gasteiger partial charge in [-0.2, -0.15) is 10.4 Å². The van der Waals surface area contributed by atoms with E-state index in [2.05, 4.69) is 11.2 Å². The fourth-order valence-electron chi connectivity index (χ4n) is 1.82. The highest BCUT2D eigenvalue weighted by Crippen LogP contribution is 2.25. The summed E-state index contributed by atoms with van der Waals surface area (Å²) in [5, 5.41) is 13.4. The summed E-state index contributed by atoms with van der Waals surface area (Å²) < 4.78 is 14.8. The second-order valence-corrected chi connectivity index (χ2v) is 5.46. The third kappa shape index (κ3) is 2.82. The Labute approximate surface area is 112 Å². The van der Waals surface area contributed by atoms with Crippen LogP contribution in [0.15, 0.2) is 30.5 Å². The van der Waals surface area contributed by atoms with Crippen LogP contribution in [0, 0.1) is 17.1 Å². The Morgan fingerprint density at radius 2 is 1.89 bits per heavy atom. The van der Waals surface area contributed by atoms with Crippen molar-refractivity contribution in [1.29, 1.82) is 5.26 Å². The number of nitrogens with zero attached hydrogens (tertiary/aromatic N) is 3. The first-order valence-electron chi connectivity index (χ1n) is 6.14. The highest BCUT2D eigenvalue weighted by Gasteiger charge is 2.18. The molecule has 3 nitrogen and oxygen atoms in total. The fraction of sp³-hybridized carbons (Fsp3) is 0.333. The molecule has 2 rings (SSSR count). The molecule has 0 atom stereocenters. The number of rotatable bonds is 2. The number of nitriles is 1. The molecule has 0 saturated carbocycles. The van der Waals surface area contributed by atoms with Gasteiger partial charge in [-0.3, -0.25) is 4.68 Å². The van der Waals surface area contributed by atoms with Crippen LogP contribution in [0.2, 0.25) is 0 Å². The molecule has 0 radical (unpaired) electrons. The van der Waals surface area contributed by atoms with Crippen molar-refractivity contribution in [1.82, 2.24) is 9.78 Å². The average molecular weight is 257 g/mol. The van der Waals surface area contributed by atoms with E-state index >= 15 is 0 Å². The molecule has 1 heterocycles. The Morgan fingerprint density at radius 1 is 1.26 bits per heavy atom. The summed E-state index contributed by atoms with van der Waals surface area (Å²) >= 11 is 0. The van der Waals surface area contributed by atoms with Gasteiger partial charge in [0.05, 0.1) is 23.7 Å². The third-order valence-corrected chi connectivity index (χ3v) is 2.86. The molecule has 0 aliphatic carbocycles. The van der Waals surface area contributed by atoms with Gasteiger partial charge in [-0.1, -0.05) is 0 Å². The molecule has 1 aromatic carbocycles. The van der Waals surface area contributed by atoms with Gasteiger partial charge in [0, 0.05) is 17.3 Å². The molecule has 0 amide bonds. The molecule has 0 spiro atoms. The van der Waals surface area contributed by atoms with E-state index in [1.807, 2.05) is 31.6 Å². The molecule has 0 aliphatic heterocycles. The number of benzene rings is 1. The normalized spacial score (nSPS) is 11.3. The molecule has 0 N–H and O–H groups in total. The molecule has 2 aromatic rings. The molecular formula is C15H16FN3. The molecule has 0 saturated heterocycles. The smallest absolute Gasteiger partial charge is 0.123 e. The average Bonchev–Trinajstić information content (AvgIpc) is 2.74. The van der Waals surface area contributed by atoms with E-state index < -0.39 is 0 Å². The lowest BCUT2D eigenvalue weighted by Crippen LogP contribution is -2.22. The van der Waals surface area contributed by atoms with Gasteiger partial charge in [-0.25, -0.2) is 4.39 Å². The summed E-state index contributed by atoms with van der Waals surface area (Å²) in [6.07, 6.45) is 2.19. The quantitative estimate of drug-likeness (QED) is 0.826. The van der Waals surface area contributed by atoms with Crippen molar-refractivity contribution < 1.29 is 4.39 Å². The molecular weight excluding hydrogens is 241 g/mol. The van der Waals surface area contributed by atoms with Crippen LogP contribution in [0.25, 0.3) is 11.3 Å². The molecule has 0 aliphatic rings. The topological polar surface area (TPSA) is 41.6 Å². The summed E-state index contributed by atoms with van der Waals surface area (Å²) in [5.41, 5.74) is 2.29. The Hall–Kier alpha value is -2.15. The molecule has 19 heavy (non-hydrogen) atoms. The first-order chi connectivity index (χ1) is 8.91. The van der Waals surface area contributed by atoms with Crippen molar-refractivity contribution in [2.24, 2.45) is 0 Å². The lowest BCUT2D eigenvalue weighted by molar-refractivity contribution is 0.356. The summed E-state index contributed by atoms with van der Waals surface area (Å²) in [6, 6.07) is 8.32. The van der Waals surface area contributed by atoms with Crippen LogP contribution in [0.1, 0.15) is 26.3 Å². The summed E-state index contributed by atoms with van der Waals surface area (Å²) in [4.78, 5) is 0. The van der Waals surface area contributed by atoms with E-state index in [0.29, 0.717) is 6.42 Å². The second kappa shape index (κ2) is 4.85. The molecule has 0 bridgehead atoms. The highest BCUT2D eigenvalue weighted by atomic mass is 19.1. The van der Waals surface area contributed by atoms with Crippen molar-refractivity contribution in [3.05, 3.63) is 41.8 Å². The SMILES string of the molecule is CC(C)(C)n1cc(CC#N)c(-c2ccc(F)cc2)n1. The van der Waals surface area contributed by atoms with E-state index in [-0.39, 0.29) is 11.4 Å². The number of halogens is 1. The molecule has 4 heteroatoms. The Bertz CT molecular complexity index is 612. The summed E-state index contributed by atoms with van der Waals surface area (Å²) in [7, 11) is 0. The van der Waals surface area contributed by atoms with Gasteiger partial charge in [0.15, 0.2) is 0 Å². The summed E-state index contributed by atoms with van der Waals surface area (Å²) in [6.45, 7) is 6.14. The first-order valence-corrected chi connectivity index (χ1v) is 6.14. The van der Waals surface area contributed by atoms with Crippen LogP contribution >= 0.6 is 0 Å². The predicted molar refractivity (Wildman–Crippen MR) is 71.9 cm³/mol. The molecule has 0 fully saturated rings. The van der Waals surface area contributed by atoms with Crippen LogP contribution < -0.4 is 0 Å². The lowest BCUT2D eigenvalue weighted by Gasteiger charge is -2.18. The highest BCUT2D eigenvalue weighted by molar-refractivity contribution is 5.63. The van der Waals surface area contributed by atoms with Crippen molar-refractivity contribution in [3.63, 3.8) is 0 Å². The Balaban J connectivity index is 2.52. The lowest BCUT2D eigenvalue weighted by atomic mass is 10.1. The van der Waals surface area contributed by atoms with Gasteiger partial charge >= 0.3 is 0 Å². The number of hydrogen-bond donors (Lipinski definition) is 0. The minimum Gasteiger partial charge on any atom is -0.267 e. The van der Waals surface area contributed by atoms with Gasteiger partial charge in [0.2, 0.25) is 0 Å². The maximum Gasteiger partial charge on any atom is 0.123 e. The van der Waals surface area contributed by atoms with E-state index in [4.69, 9.17) is 5.26 Å². The molecule has 0 unspecified atom stereocenters. The van der Waals surface area contributed by atoms with Gasteiger partial charge < -0.3 is 0 Å². The zero-order valence-electron chi connectivity index (χ0n) is 11.3. The monoisotopic (exact) mass is 257 g/mol. The maximum atomic E-state index is 13.0. The van der Waals surface area contributed by atoms with Crippen molar-refractivity contribution in [2.45, 2.75) is 32.7 Å². The van der Waals surface area contributed by atoms with E-state index in [0.717, 1.165) is 16.8 Å². The van der Waals surface area contributed by atoms with Crippen LogP contribution in [0.4, 0.5) is 4.39 Å². The number of aromatic nitrogens is 2. The van der Waals surface area contributed by atoms with Crippen molar-refractivity contribution >= 4 is 0 Å². The van der Waals surface area contributed by atoms with Crippen LogP contribution in [0.5, 0.6) is 0 Å². The van der Waals surface area contributed by atoms with Gasteiger partial charge in [-0.05, 0) is 45.0 Å². The largest absolute Gasteiger partial charge is 0.267 e. The minimum absolute atomic E-state index is 0.150. The zero-order valence-corrected chi connectivity index (χ0v) is 11.3. The molecule has 98 valence electrons. The standard InChI is InChI=1S/C15H16FN3/c1-15(2,3)19-10-12(8-9-17)14(18-19)11-4-6-13(16)7-5-11/h4-7,10H,8H2,1-3H3. The van der Waals surface area contributed by atoms with Crippen LogP contribution in [-0.4, -0.2) is 9.78 Å². The van der Waals surface area contributed by atoms with E-state index in [1.54, 1.807) is 12.1 Å².